The fourth-order valence-electron chi connectivity index (χ4n) is 5.69. The van der Waals surface area contributed by atoms with E-state index in [0.717, 1.165) is 60.9 Å². The third-order valence-electron chi connectivity index (χ3n) is 7.64. The van der Waals surface area contributed by atoms with Crippen LogP contribution in [0, 0.1) is 0 Å². The Labute approximate surface area is 236 Å². The molecule has 0 aliphatic heterocycles. The van der Waals surface area contributed by atoms with Crippen molar-refractivity contribution in [2.24, 2.45) is 0 Å². The summed E-state index contributed by atoms with van der Waals surface area (Å²) in [5.74, 6) is -1.41. The monoisotopic (exact) mass is 523 g/mol. The smallest absolute Gasteiger partial charge is 0.231 e. The Hall–Kier alpha value is -4.63. The normalized spacial score (nSPS) is 13.2. The first kappa shape index (κ1) is 22.2. The first-order valence-corrected chi connectivity index (χ1v) is 13.6. The predicted molar refractivity (Wildman–Crippen MR) is 166 cm³/mol. The molecule has 0 aliphatic rings. The van der Waals surface area contributed by atoms with Gasteiger partial charge in [-0.3, -0.25) is 0 Å². The van der Waals surface area contributed by atoms with E-state index in [0.29, 0.717) is 17.0 Å². The van der Waals surface area contributed by atoms with E-state index in [-0.39, 0.29) is 0 Å². The van der Waals surface area contributed by atoms with Crippen LogP contribution in [0.3, 0.4) is 0 Å². The van der Waals surface area contributed by atoms with Gasteiger partial charge in [0.2, 0.25) is 5.89 Å². The van der Waals surface area contributed by atoms with Crippen molar-refractivity contribution < 1.29 is 11.6 Å². The van der Waals surface area contributed by atoms with Gasteiger partial charge in [0, 0.05) is 19.1 Å². The number of hydrogen-bond acceptors (Lipinski definition) is 3. The van der Waals surface area contributed by atoms with Crippen LogP contribution in [-0.2, 0) is 0 Å². The van der Waals surface area contributed by atoms with Gasteiger partial charge in [-0.1, -0.05) is 113 Å². The SMILES string of the molecule is [2H]C(C)(C)c1cc(-c2ccccc2)cc(C([2H])(C)C)c1-c1cccc2nc(-c3cccc4c3oc3ccccc34)oc12. The lowest BCUT2D eigenvalue weighted by Crippen LogP contribution is -2.01. The van der Waals surface area contributed by atoms with Gasteiger partial charge in [-0.2, -0.15) is 0 Å². The van der Waals surface area contributed by atoms with Crippen molar-refractivity contribution in [2.75, 3.05) is 0 Å². The van der Waals surface area contributed by atoms with Gasteiger partial charge in [0.1, 0.15) is 16.7 Å². The van der Waals surface area contributed by atoms with Crippen LogP contribution in [0.25, 0.3) is 66.7 Å². The molecule has 7 aromatic rings. The molecule has 5 aromatic carbocycles. The molecule has 0 spiro atoms. The van der Waals surface area contributed by atoms with E-state index in [4.69, 9.17) is 13.8 Å². The van der Waals surface area contributed by atoms with Crippen molar-refractivity contribution in [2.45, 2.75) is 39.5 Å². The van der Waals surface area contributed by atoms with Crippen LogP contribution >= 0.6 is 0 Å². The first-order chi connectivity index (χ1) is 20.1. The van der Waals surface area contributed by atoms with E-state index in [1.54, 1.807) is 0 Å². The summed E-state index contributed by atoms with van der Waals surface area (Å²) in [6.45, 7) is 7.59. The second kappa shape index (κ2) is 9.53. The van der Waals surface area contributed by atoms with Gasteiger partial charge in [0.05, 0.1) is 5.56 Å². The quantitative estimate of drug-likeness (QED) is 0.225. The van der Waals surface area contributed by atoms with Gasteiger partial charge < -0.3 is 8.83 Å². The maximum absolute atomic E-state index is 9.19. The third-order valence-corrected chi connectivity index (χ3v) is 7.64. The molecule has 0 aliphatic carbocycles. The molecule has 7 rings (SSSR count). The summed E-state index contributed by atoms with van der Waals surface area (Å²) >= 11 is 0. The van der Waals surface area contributed by atoms with E-state index < -0.39 is 11.8 Å². The molecule has 3 heteroatoms. The molecule has 0 bridgehead atoms. The minimum absolute atomic E-state index is 0.473. The van der Waals surface area contributed by atoms with Gasteiger partial charge >= 0.3 is 0 Å². The second-order valence-corrected chi connectivity index (χ2v) is 10.8. The van der Waals surface area contributed by atoms with Crippen molar-refractivity contribution in [3.05, 3.63) is 114 Å². The highest BCUT2D eigenvalue weighted by Crippen LogP contribution is 2.44. The van der Waals surface area contributed by atoms with Crippen molar-refractivity contribution in [1.29, 1.82) is 0 Å². The Bertz CT molecular complexity index is 2070. The molecule has 0 saturated heterocycles. The molecule has 3 nitrogen and oxygen atoms in total. The lowest BCUT2D eigenvalue weighted by atomic mass is 9.82. The van der Waals surface area contributed by atoms with Crippen molar-refractivity contribution in [3.63, 3.8) is 0 Å². The maximum atomic E-state index is 9.19. The number of hydrogen-bond donors (Lipinski definition) is 0. The van der Waals surface area contributed by atoms with Crippen molar-refractivity contribution in [1.82, 2.24) is 4.98 Å². The summed E-state index contributed by atoms with van der Waals surface area (Å²) in [5.41, 5.74) is 9.08. The van der Waals surface area contributed by atoms with Crippen LogP contribution < -0.4 is 0 Å². The van der Waals surface area contributed by atoms with E-state index >= 15 is 0 Å². The number of rotatable bonds is 5. The van der Waals surface area contributed by atoms with Crippen molar-refractivity contribution in [3.8, 4) is 33.7 Å². The molecule has 2 aromatic heterocycles. The minimum Gasteiger partial charge on any atom is -0.455 e. The number of nitrogens with zero attached hydrogens (tertiary/aromatic N) is 1. The van der Waals surface area contributed by atoms with E-state index in [2.05, 4.69) is 36.4 Å². The number of aromatic nitrogens is 1. The lowest BCUT2D eigenvalue weighted by Gasteiger charge is -2.22. The molecule has 0 amide bonds. The fraction of sp³-hybridized carbons (Fsp3) is 0.162. The van der Waals surface area contributed by atoms with Crippen LogP contribution in [0.2, 0.25) is 0 Å². The molecule has 40 heavy (non-hydrogen) atoms. The molecule has 0 N–H and O–H groups in total. The summed E-state index contributed by atoms with van der Waals surface area (Å²) < 4.78 is 31.3. The average Bonchev–Trinajstić information content (AvgIpc) is 3.58. The number of benzene rings is 5. The maximum Gasteiger partial charge on any atom is 0.231 e. The Balaban J connectivity index is 1.50. The Morgan fingerprint density at radius 2 is 1.25 bits per heavy atom. The standard InChI is InChI=1S/C37H31NO2/c1-22(2)30-20-25(24-12-6-5-7-13-24)21-31(23(3)4)34(30)28-16-11-18-32-36(28)40-37(38-32)29-17-10-15-27-26-14-8-9-19-33(26)39-35(27)29/h5-23H,1-4H3/i22D,23D. The Kier molecular flexibility index (Phi) is 5.29. The van der Waals surface area contributed by atoms with Gasteiger partial charge in [-0.05, 0) is 57.8 Å². The number of oxazole rings is 1. The van der Waals surface area contributed by atoms with Crippen LogP contribution in [0.4, 0.5) is 0 Å². The molecule has 0 radical (unpaired) electrons. The molecule has 2 heterocycles. The molecule has 0 fully saturated rings. The summed E-state index contributed by atoms with van der Waals surface area (Å²) in [5, 5.41) is 2.06. The highest BCUT2D eigenvalue weighted by molar-refractivity contribution is 6.09. The Morgan fingerprint density at radius 1 is 0.600 bits per heavy atom. The predicted octanol–water partition coefficient (Wildman–Crippen LogP) is 11.0. The average molecular weight is 524 g/mol. The number of fused-ring (bicyclic) bond motifs is 4. The molecule has 0 saturated carbocycles. The van der Waals surface area contributed by atoms with Gasteiger partial charge in [-0.15, -0.1) is 0 Å². The zero-order chi connectivity index (χ0) is 29.2. The van der Waals surface area contributed by atoms with E-state index in [9.17, 15) is 2.74 Å². The second-order valence-electron chi connectivity index (χ2n) is 10.8. The van der Waals surface area contributed by atoms with Crippen LogP contribution in [0.1, 0.15) is 53.4 Å². The molecule has 0 atom stereocenters. The molecular weight excluding hydrogens is 490 g/mol. The summed E-state index contributed by atoms with van der Waals surface area (Å²) in [4.78, 5) is 4.92. The number of para-hydroxylation sites is 3. The Morgan fingerprint density at radius 3 is 2.00 bits per heavy atom. The molecular formula is C37H31NO2. The minimum atomic E-state index is -0.939. The zero-order valence-electron chi connectivity index (χ0n) is 25.1. The van der Waals surface area contributed by atoms with Crippen LogP contribution in [0.5, 0.6) is 0 Å². The molecule has 196 valence electrons. The van der Waals surface area contributed by atoms with Crippen LogP contribution in [-0.4, -0.2) is 4.98 Å². The highest BCUT2D eigenvalue weighted by atomic mass is 16.4. The van der Waals surface area contributed by atoms with E-state index in [1.807, 2.05) is 94.4 Å². The lowest BCUT2D eigenvalue weighted by molar-refractivity contribution is 0.616. The summed E-state index contributed by atoms with van der Waals surface area (Å²) in [6, 6.07) is 34.3. The van der Waals surface area contributed by atoms with Gasteiger partial charge in [-0.25, -0.2) is 4.98 Å². The van der Waals surface area contributed by atoms with Gasteiger partial charge in [0.15, 0.2) is 5.58 Å². The largest absolute Gasteiger partial charge is 0.455 e. The highest BCUT2D eigenvalue weighted by Gasteiger charge is 2.23. The zero-order valence-corrected chi connectivity index (χ0v) is 23.1. The molecule has 0 unspecified atom stereocenters. The number of furan rings is 1. The van der Waals surface area contributed by atoms with Crippen molar-refractivity contribution >= 4 is 33.0 Å². The third kappa shape index (κ3) is 3.93. The first-order valence-electron chi connectivity index (χ1n) is 14.6. The van der Waals surface area contributed by atoms with Gasteiger partial charge in [0.25, 0.3) is 0 Å². The van der Waals surface area contributed by atoms with E-state index in [1.165, 1.54) is 0 Å². The fourth-order valence-corrected chi connectivity index (χ4v) is 5.69. The van der Waals surface area contributed by atoms with Crippen LogP contribution in [0.15, 0.2) is 112 Å². The summed E-state index contributed by atoms with van der Waals surface area (Å²) in [7, 11) is 0. The summed E-state index contributed by atoms with van der Waals surface area (Å²) in [6.07, 6.45) is 0. The topological polar surface area (TPSA) is 39.2 Å².